The Balaban J connectivity index is 3.14. The van der Waals surface area contributed by atoms with Crippen LogP contribution in [0.3, 0.4) is 0 Å². The molecule has 120 valence electrons. The number of rotatable bonds is 5. The highest BCUT2D eigenvalue weighted by Gasteiger charge is 2.63. The summed E-state index contributed by atoms with van der Waals surface area (Å²) in [4.78, 5) is 0. The second kappa shape index (κ2) is 6.52. The monoisotopic (exact) mass is 298 g/mol. The second-order valence-electron chi connectivity index (χ2n) is 8.84. The van der Waals surface area contributed by atoms with Gasteiger partial charge in [0.05, 0.1) is 0 Å². The topological polar surface area (TPSA) is 9.23 Å². The predicted octanol–water partition coefficient (Wildman–Crippen LogP) is 6.68. The van der Waals surface area contributed by atoms with Crippen LogP contribution in [0.25, 0.3) is 0 Å². The van der Waals surface area contributed by atoms with Crippen LogP contribution in [-0.2, 0) is 4.43 Å². The quantitative estimate of drug-likeness (QED) is 0.514. The van der Waals surface area contributed by atoms with Gasteiger partial charge >= 0.3 is 0 Å². The van der Waals surface area contributed by atoms with Gasteiger partial charge in [0, 0.05) is 6.10 Å². The normalized spacial score (nSPS) is 27.0. The average Bonchev–Trinajstić information content (AvgIpc) is 2.65. The van der Waals surface area contributed by atoms with Crippen LogP contribution in [0.15, 0.2) is 0 Å². The van der Waals surface area contributed by atoms with Gasteiger partial charge in [-0.3, -0.25) is 0 Å². The Morgan fingerprint density at radius 3 is 1.85 bits per heavy atom. The van der Waals surface area contributed by atoms with Gasteiger partial charge < -0.3 is 4.43 Å². The molecule has 0 spiro atoms. The molecule has 1 heterocycles. The van der Waals surface area contributed by atoms with Gasteiger partial charge in [-0.2, -0.15) is 0 Å². The molecular formula is C18H38OSi. The molecule has 0 bridgehead atoms. The zero-order valence-electron chi connectivity index (χ0n) is 15.3. The van der Waals surface area contributed by atoms with Gasteiger partial charge in [-0.25, -0.2) is 0 Å². The summed E-state index contributed by atoms with van der Waals surface area (Å²) in [6.45, 7) is 19.3. The lowest BCUT2D eigenvalue weighted by Crippen LogP contribution is -2.55. The number of hydrogen-bond donors (Lipinski definition) is 0. The van der Waals surface area contributed by atoms with Crippen molar-refractivity contribution < 1.29 is 4.43 Å². The number of hydrogen-bond acceptors (Lipinski definition) is 1. The molecule has 0 aromatic rings. The minimum absolute atomic E-state index is 0.326. The molecule has 2 heteroatoms. The molecule has 1 aliphatic rings. The number of unbranched alkanes of at least 4 members (excludes halogenated alkanes) is 1. The van der Waals surface area contributed by atoms with Crippen molar-refractivity contribution >= 4 is 8.32 Å². The van der Waals surface area contributed by atoms with Crippen molar-refractivity contribution in [1.82, 2.24) is 0 Å². The van der Waals surface area contributed by atoms with E-state index in [1.54, 1.807) is 0 Å². The average molecular weight is 299 g/mol. The van der Waals surface area contributed by atoms with Crippen molar-refractivity contribution in [2.75, 3.05) is 0 Å². The molecule has 0 aliphatic carbocycles. The first-order valence-corrected chi connectivity index (χ1v) is 10.8. The fraction of sp³-hybridized carbons (Fsp3) is 1.00. The SMILES string of the molecule is CCCC[C@@H]1CC(CCC)O[Si]1(C(C)(C)C)C(C)(C)C. The molecule has 1 unspecified atom stereocenters. The van der Waals surface area contributed by atoms with Crippen LogP contribution in [0.1, 0.15) is 93.9 Å². The van der Waals surface area contributed by atoms with E-state index in [0.717, 1.165) is 5.54 Å². The fourth-order valence-corrected chi connectivity index (χ4v) is 12.4. The summed E-state index contributed by atoms with van der Waals surface area (Å²) in [5, 5.41) is 0.651. The summed E-state index contributed by atoms with van der Waals surface area (Å²) in [6, 6.07) is 0. The van der Waals surface area contributed by atoms with Crippen LogP contribution < -0.4 is 0 Å². The second-order valence-corrected chi connectivity index (χ2v) is 14.4. The minimum Gasteiger partial charge on any atom is -0.413 e. The third kappa shape index (κ3) is 3.32. The standard InChI is InChI=1S/C18H38OSi/c1-9-11-13-16-14-15(12-10-2)19-20(16,17(3,4)5)18(6,7)8/h15-16H,9-14H2,1-8H3/t15?,16-/m1/s1. The molecule has 2 atom stereocenters. The van der Waals surface area contributed by atoms with Crippen LogP contribution in [-0.4, -0.2) is 14.4 Å². The highest BCUT2D eigenvalue weighted by atomic mass is 28.4. The van der Waals surface area contributed by atoms with Crippen LogP contribution in [0.2, 0.25) is 15.6 Å². The van der Waals surface area contributed by atoms with Crippen LogP contribution in [0.4, 0.5) is 0 Å². The van der Waals surface area contributed by atoms with E-state index in [9.17, 15) is 0 Å². The third-order valence-electron chi connectivity index (χ3n) is 5.22. The smallest absolute Gasteiger partial charge is 0.206 e. The highest BCUT2D eigenvalue weighted by Crippen LogP contribution is 2.63. The summed E-state index contributed by atoms with van der Waals surface area (Å²) in [5.41, 5.74) is 0.846. The van der Waals surface area contributed by atoms with E-state index in [2.05, 4.69) is 55.4 Å². The maximum atomic E-state index is 6.97. The van der Waals surface area contributed by atoms with Gasteiger partial charge in [0.1, 0.15) is 0 Å². The summed E-state index contributed by atoms with van der Waals surface area (Å²) in [6.07, 6.45) is 8.44. The molecule has 0 N–H and O–H groups in total. The Bertz CT molecular complexity index is 284. The summed E-state index contributed by atoms with van der Waals surface area (Å²) in [5.74, 6) is 0. The summed E-state index contributed by atoms with van der Waals surface area (Å²) >= 11 is 0. The summed E-state index contributed by atoms with van der Waals surface area (Å²) < 4.78 is 6.97. The van der Waals surface area contributed by atoms with E-state index in [1.165, 1.54) is 38.5 Å². The zero-order chi connectivity index (χ0) is 15.6. The molecule has 0 saturated carbocycles. The molecule has 0 aromatic carbocycles. The summed E-state index contributed by atoms with van der Waals surface area (Å²) in [7, 11) is -1.80. The van der Waals surface area contributed by atoms with Crippen molar-refractivity contribution in [2.45, 2.75) is 116 Å². The predicted molar refractivity (Wildman–Crippen MR) is 92.9 cm³/mol. The first kappa shape index (κ1) is 18.2. The fourth-order valence-electron chi connectivity index (χ4n) is 4.86. The Morgan fingerprint density at radius 1 is 0.900 bits per heavy atom. The Labute approximate surface area is 129 Å². The Hall–Kier alpha value is 0.177. The van der Waals surface area contributed by atoms with Gasteiger partial charge in [0.15, 0.2) is 0 Å². The molecule has 1 fully saturated rings. The molecule has 0 amide bonds. The van der Waals surface area contributed by atoms with Crippen molar-refractivity contribution in [3.63, 3.8) is 0 Å². The van der Waals surface area contributed by atoms with E-state index in [1.807, 2.05) is 0 Å². The van der Waals surface area contributed by atoms with E-state index in [0.29, 0.717) is 16.2 Å². The molecule has 0 aromatic heterocycles. The van der Waals surface area contributed by atoms with Crippen LogP contribution in [0, 0.1) is 0 Å². The minimum atomic E-state index is -1.80. The van der Waals surface area contributed by atoms with Crippen LogP contribution >= 0.6 is 0 Å². The lowest BCUT2D eigenvalue weighted by atomic mass is 10.1. The van der Waals surface area contributed by atoms with Gasteiger partial charge in [0.25, 0.3) is 0 Å². The van der Waals surface area contributed by atoms with Gasteiger partial charge in [-0.15, -0.1) is 0 Å². The molecule has 0 radical (unpaired) electrons. The molecule has 1 nitrogen and oxygen atoms in total. The third-order valence-corrected chi connectivity index (χ3v) is 12.1. The van der Waals surface area contributed by atoms with E-state index < -0.39 is 8.32 Å². The largest absolute Gasteiger partial charge is 0.413 e. The van der Waals surface area contributed by atoms with E-state index in [-0.39, 0.29) is 0 Å². The lowest BCUT2D eigenvalue weighted by Gasteiger charge is -2.51. The lowest BCUT2D eigenvalue weighted by molar-refractivity contribution is 0.187. The van der Waals surface area contributed by atoms with Gasteiger partial charge in [0.2, 0.25) is 8.32 Å². The van der Waals surface area contributed by atoms with Crippen molar-refractivity contribution in [1.29, 1.82) is 0 Å². The van der Waals surface area contributed by atoms with E-state index in [4.69, 9.17) is 4.43 Å². The zero-order valence-corrected chi connectivity index (χ0v) is 16.3. The molecule has 20 heavy (non-hydrogen) atoms. The van der Waals surface area contributed by atoms with Gasteiger partial charge in [-0.1, -0.05) is 81.1 Å². The first-order chi connectivity index (χ1) is 9.10. The van der Waals surface area contributed by atoms with Crippen molar-refractivity contribution in [3.05, 3.63) is 0 Å². The molecule has 1 rings (SSSR count). The van der Waals surface area contributed by atoms with Gasteiger partial charge in [-0.05, 0) is 28.5 Å². The molecule has 1 aliphatic heterocycles. The first-order valence-electron chi connectivity index (χ1n) is 8.78. The van der Waals surface area contributed by atoms with Crippen molar-refractivity contribution in [2.24, 2.45) is 0 Å². The van der Waals surface area contributed by atoms with Crippen molar-refractivity contribution in [3.8, 4) is 0 Å². The van der Waals surface area contributed by atoms with E-state index >= 15 is 0 Å². The Morgan fingerprint density at radius 2 is 1.45 bits per heavy atom. The Kier molecular flexibility index (Phi) is 5.94. The van der Waals surface area contributed by atoms with Crippen LogP contribution in [0.5, 0.6) is 0 Å². The highest BCUT2D eigenvalue weighted by molar-refractivity contribution is 6.81. The molecule has 1 saturated heterocycles. The maximum absolute atomic E-state index is 6.97. The molecular weight excluding hydrogens is 260 g/mol. The maximum Gasteiger partial charge on any atom is 0.206 e.